The lowest BCUT2D eigenvalue weighted by Gasteiger charge is -2.26. The molecule has 1 fully saturated rings. The average Bonchev–Trinajstić information content (AvgIpc) is 2.70. The van der Waals surface area contributed by atoms with Gasteiger partial charge in [-0.3, -0.25) is 4.79 Å². The zero-order valence-corrected chi connectivity index (χ0v) is 17.6. The molecule has 1 aliphatic heterocycles. The van der Waals surface area contributed by atoms with Crippen molar-refractivity contribution in [2.45, 2.75) is 24.2 Å². The lowest BCUT2D eigenvalue weighted by atomic mass is 10.2. The number of carbonyl (C=O) groups is 1. The van der Waals surface area contributed by atoms with Crippen molar-refractivity contribution in [3.63, 3.8) is 0 Å². The van der Waals surface area contributed by atoms with Gasteiger partial charge in [0.15, 0.2) is 0 Å². The maximum Gasteiger partial charge on any atom is 0.257 e. The summed E-state index contributed by atoms with van der Waals surface area (Å²) in [5.74, 6) is -0.261. The molecule has 0 spiro atoms. The van der Waals surface area contributed by atoms with Crippen LogP contribution in [0.2, 0.25) is 10.0 Å². The molecule has 150 valence electrons. The lowest BCUT2D eigenvalue weighted by molar-refractivity contribution is 0.102. The van der Waals surface area contributed by atoms with E-state index >= 15 is 0 Å². The number of piperidine rings is 1. The third kappa shape index (κ3) is 4.43. The Kier molecular flexibility index (Phi) is 6.50. The van der Waals surface area contributed by atoms with E-state index in [0.29, 0.717) is 23.8 Å². The van der Waals surface area contributed by atoms with Crippen LogP contribution >= 0.6 is 23.2 Å². The smallest absolute Gasteiger partial charge is 0.257 e. The van der Waals surface area contributed by atoms with E-state index in [1.165, 1.54) is 35.7 Å². The SMILES string of the molecule is COc1ccc(NC(=O)c2cc(Cl)ccc2Cl)cc1S(=O)(=O)N1CCCCC1. The first-order chi connectivity index (χ1) is 13.3. The standard InChI is InChI=1S/C19H20Cl2N2O4S/c1-27-17-8-6-14(22-19(24)15-11-13(20)5-7-16(15)21)12-18(17)28(25,26)23-9-3-2-4-10-23/h5-8,11-12H,2-4,9-10H2,1H3,(H,22,24). The Morgan fingerprint density at radius 2 is 1.79 bits per heavy atom. The van der Waals surface area contributed by atoms with E-state index in [1.54, 1.807) is 12.1 Å². The van der Waals surface area contributed by atoms with Crippen LogP contribution in [0.3, 0.4) is 0 Å². The van der Waals surface area contributed by atoms with Crippen LogP contribution in [0.15, 0.2) is 41.3 Å². The molecule has 1 aliphatic rings. The van der Waals surface area contributed by atoms with Crippen LogP contribution in [-0.2, 0) is 10.0 Å². The molecular weight excluding hydrogens is 423 g/mol. The minimum absolute atomic E-state index is 0.0203. The molecule has 9 heteroatoms. The van der Waals surface area contributed by atoms with Crippen molar-refractivity contribution in [1.29, 1.82) is 0 Å². The number of sulfonamides is 1. The monoisotopic (exact) mass is 442 g/mol. The van der Waals surface area contributed by atoms with E-state index in [-0.39, 0.29) is 21.2 Å². The van der Waals surface area contributed by atoms with Crippen LogP contribution in [0.1, 0.15) is 29.6 Å². The predicted molar refractivity (Wildman–Crippen MR) is 110 cm³/mol. The van der Waals surface area contributed by atoms with Crippen molar-refractivity contribution in [2.24, 2.45) is 0 Å². The Hall–Kier alpha value is -1.80. The highest BCUT2D eigenvalue weighted by Gasteiger charge is 2.29. The second kappa shape index (κ2) is 8.69. The van der Waals surface area contributed by atoms with E-state index in [9.17, 15) is 13.2 Å². The van der Waals surface area contributed by atoms with Crippen molar-refractivity contribution in [3.05, 3.63) is 52.0 Å². The van der Waals surface area contributed by atoms with Gasteiger partial charge in [0.1, 0.15) is 10.6 Å². The van der Waals surface area contributed by atoms with Crippen LogP contribution in [0, 0.1) is 0 Å². The molecule has 1 amide bonds. The number of nitrogens with zero attached hydrogens (tertiary/aromatic N) is 1. The number of hydrogen-bond acceptors (Lipinski definition) is 4. The summed E-state index contributed by atoms with van der Waals surface area (Å²) < 4.78 is 32.8. The fraction of sp³-hybridized carbons (Fsp3) is 0.316. The lowest BCUT2D eigenvalue weighted by Crippen LogP contribution is -2.35. The fourth-order valence-corrected chi connectivity index (χ4v) is 5.14. The molecular formula is C19H20Cl2N2O4S. The molecule has 28 heavy (non-hydrogen) atoms. The van der Waals surface area contributed by atoms with Gasteiger partial charge in [0, 0.05) is 23.8 Å². The Morgan fingerprint density at radius 1 is 1.07 bits per heavy atom. The number of benzene rings is 2. The number of rotatable bonds is 5. The topological polar surface area (TPSA) is 75.7 Å². The van der Waals surface area contributed by atoms with Crippen molar-refractivity contribution in [3.8, 4) is 5.75 Å². The average molecular weight is 443 g/mol. The first-order valence-electron chi connectivity index (χ1n) is 8.77. The summed E-state index contributed by atoms with van der Waals surface area (Å²) in [6.07, 6.45) is 2.66. The number of hydrogen-bond donors (Lipinski definition) is 1. The van der Waals surface area contributed by atoms with Gasteiger partial charge >= 0.3 is 0 Å². The Bertz CT molecular complexity index is 989. The first kappa shape index (κ1) is 20.9. The molecule has 1 heterocycles. The Labute approximate surface area is 174 Å². The van der Waals surface area contributed by atoms with Gasteiger partial charge in [0.05, 0.1) is 17.7 Å². The molecule has 0 atom stereocenters. The molecule has 0 saturated carbocycles. The van der Waals surface area contributed by atoms with Crippen molar-refractivity contribution in [2.75, 3.05) is 25.5 Å². The Balaban J connectivity index is 1.92. The molecule has 1 saturated heterocycles. The number of nitrogens with one attached hydrogen (secondary N) is 1. The summed E-state index contributed by atoms with van der Waals surface area (Å²) >= 11 is 12.0. The van der Waals surface area contributed by atoms with Crippen LogP contribution in [-0.4, -0.2) is 38.8 Å². The predicted octanol–water partition coefficient (Wildman–Crippen LogP) is 4.43. The molecule has 0 unspecified atom stereocenters. The summed E-state index contributed by atoms with van der Waals surface area (Å²) in [4.78, 5) is 12.6. The molecule has 1 N–H and O–H groups in total. The summed E-state index contributed by atoms with van der Waals surface area (Å²) in [5.41, 5.74) is 0.517. The highest BCUT2D eigenvalue weighted by molar-refractivity contribution is 7.89. The van der Waals surface area contributed by atoms with Crippen LogP contribution < -0.4 is 10.1 Å². The third-order valence-corrected chi connectivity index (χ3v) is 7.01. The van der Waals surface area contributed by atoms with E-state index in [1.807, 2.05) is 0 Å². The summed E-state index contributed by atoms with van der Waals surface area (Å²) in [5, 5.41) is 3.29. The molecule has 2 aromatic rings. The minimum Gasteiger partial charge on any atom is -0.495 e. The second-order valence-corrected chi connectivity index (χ2v) is 9.16. The van der Waals surface area contributed by atoms with Crippen LogP contribution in [0.5, 0.6) is 5.75 Å². The van der Waals surface area contributed by atoms with Crippen molar-refractivity contribution < 1.29 is 17.9 Å². The number of anilines is 1. The zero-order valence-electron chi connectivity index (χ0n) is 15.2. The van der Waals surface area contributed by atoms with Crippen molar-refractivity contribution >= 4 is 44.8 Å². The number of halogens is 2. The molecule has 0 aromatic heterocycles. The molecule has 2 aromatic carbocycles. The van der Waals surface area contributed by atoms with Gasteiger partial charge in [-0.1, -0.05) is 29.6 Å². The van der Waals surface area contributed by atoms with E-state index in [4.69, 9.17) is 27.9 Å². The highest BCUT2D eigenvalue weighted by atomic mass is 35.5. The molecule has 6 nitrogen and oxygen atoms in total. The fourth-order valence-electron chi connectivity index (χ4n) is 3.07. The first-order valence-corrected chi connectivity index (χ1v) is 11.0. The van der Waals surface area contributed by atoms with E-state index in [2.05, 4.69) is 5.32 Å². The minimum atomic E-state index is -3.73. The largest absolute Gasteiger partial charge is 0.495 e. The van der Waals surface area contributed by atoms with Gasteiger partial charge in [-0.2, -0.15) is 4.31 Å². The summed E-state index contributed by atoms with van der Waals surface area (Å²) in [6, 6.07) is 9.06. The summed E-state index contributed by atoms with van der Waals surface area (Å²) in [7, 11) is -2.32. The van der Waals surface area contributed by atoms with Gasteiger partial charge in [-0.05, 0) is 49.2 Å². The summed E-state index contributed by atoms with van der Waals surface area (Å²) in [6.45, 7) is 0.945. The third-order valence-electron chi connectivity index (χ3n) is 4.53. The highest BCUT2D eigenvalue weighted by Crippen LogP contribution is 2.31. The maximum absolute atomic E-state index is 13.1. The number of amides is 1. The number of carbonyl (C=O) groups excluding carboxylic acids is 1. The zero-order chi connectivity index (χ0) is 20.3. The Morgan fingerprint density at radius 3 is 2.46 bits per heavy atom. The van der Waals surface area contributed by atoms with E-state index < -0.39 is 15.9 Å². The van der Waals surface area contributed by atoms with Gasteiger partial charge in [0.2, 0.25) is 10.0 Å². The van der Waals surface area contributed by atoms with Gasteiger partial charge in [-0.15, -0.1) is 0 Å². The van der Waals surface area contributed by atoms with Crippen LogP contribution in [0.4, 0.5) is 5.69 Å². The normalized spacial score (nSPS) is 15.2. The molecule has 3 rings (SSSR count). The van der Waals surface area contributed by atoms with Gasteiger partial charge in [-0.25, -0.2) is 8.42 Å². The number of methoxy groups -OCH3 is 1. The second-order valence-electron chi connectivity index (χ2n) is 6.41. The van der Waals surface area contributed by atoms with Gasteiger partial charge in [0.25, 0.3) is 5.91 Å². The maximum atomic E-state index is 13.1. The van der Waals surface area contributed by atoms with E-state index in [0.717, 1.165) is 19.3 Å². The quantitative estimate of drug-likeness (QED) is 0.742. The van der Waals surface area contributed by atoms with Crippen molar-refractivity contribution in [1.82, 2.24) is 4.31 Å². The molecule has 0 radical (unpaired) electrons. The van der Waals surface area contributed by atoms with Gasteiger partial charge < -0.3 is 10.1 Å². The molecule has 0 aliphatic carbocycles. The molecule has 0 bridgehead atoms. The number of ether oxygens (including phenoxy) is 1. The van der Waals surface area contributed by atoms with Crippen LogP contribution in [0.25, 0.3) is 0 Å².